The monoisotopic (exact) mass is 327 g/mol. The van der Waals surface area contributed by atoms with Gasteiger partial charge < -0.3 is 9.30 Å². The van der Waals surface area contributed by atoms with Gasteiger partial charge >= 0.3 is 0 Å². The van der Waals surface area contributed by atoms with Crippen molar-refractivity contribution in [1.82, 2.24) is 4.57 Å². The first kappa shape index (κ1) is 16.4. The highest BCUT2D eigenvalue weighted by molar-refractivity contribution is 5.55. The molecule has 0 saturated carbocycles. The summed E-state index contributed by atoms with van der Waals surface area (Å²) in [5, 5.41) is 18.1. The molecule has 0 spiro atoms. The number of nitrogens with zero attached hydrogens (tertiary/aromatic N) is 3. The van der Waals surface area contributed by atoms with Gasteiger partial charge in [0.1, 0.15) is 23.5 Å². The van der Waals surface area contributed by atoms with Crippen molar-refractivity contribution in [3.8, 4) is 17.8 Å². The van der Waals surface area contributed by atoms with E-state index < -0.39 is 0 Å². The van der Waals surface area contributed by atoms with Gasteiger partial charge in [0.25, 0.3) is 0 Å². The van der Waals surface area contributed by atoms with Gasteiger partial charge in [0.05, 0.1) is 6.61 Å². The molecule has 4 heteroatoms. The lowest BCUT2D eigenvalue weighted by Crippen LogP contribution is -1.90. The minimum atomic E-state index is 0.160. The molecule has 0 bridgehead atoms. The highest BCUT2D eigenvalue weighted by Crippen LogP contribution is 2.21. The Morgan fingerprint density at radius 3 is 2.44 bits per heavy atom. The molecular formula is C21H17N3O. The summed E-state index contributed by atoms with van der Waals surface area (Å²) in [5.41, 5.74) is 3.05. The highest BCUT2D eigenvalue weighted by Gasteiger charge is 2.09. The van der Waals surface area contributed by atoms with Gasteiger partial charge in [-0.1, -0.05) is 18.2 Å². The van der Waals surface area contributed by atoms with Crippen LogP contribution in [0.25, 0.3) is 11.8 Å². The number of benzene rings is 1. The third-order valence-electron chi connectivity index (χ3n) is 3.96. The lowest BCUT2D eigenvalue weighted by Gasteiger charge is -2.04. The molecule has 1 aliphatic rings. The normalized spacial score (nSPS) is 14.2. The minimum absolute atomic E-state index is 0.160. The van der Waals surface area contributed by atoms with Gasteiger partial charge in [-0.3, -0.25) is 0 Å². The van der Waals surface area contributed by atoms with Crippen LogP contribution >= 0.6 is 0 Å². The number of allylic oxidation sites excluding steroid dienone is 4. The van der Waals surface area contributed by atoms with E-state index in [0.29, 0.717) is 18.8 Å². The van der Waals surface area contributed by atoms with Crippen molar-refractivity contribution in [1.29, 1.82) is 10.5 Å². The van der Waals surface area contributed by atoms with Gasteiger partial charge in [0.15, 0.2) is 0 Å². The molecule has 1 aliphatic heterocycles. The van der Waals surface area contributed by atoms with E-state index in [1.807, 2.05) is 65.5 Å². The Balaban J connectivity index is 1.80. The Hall–Kier alpha value is -3.50. The van der Waals surface area contributed by atoms with Gasteiger partial charge in [0.2, 0.25) is 0 Å². The van der Waals surface area contributed by atoms with E-state index in [1.54, 1.807) is 6.08 Å². The molecule has 2 heterocycles. The number of rotatable bonds is 3. The smallest absolute Gasteiger partial charge is 0.132 e. The largest absolute Gasteiger partial charge is 0.494 e. The molecule has 1 aromatic carbocycles. The molecule has 0 amide bonds. The fourth-order valence-electron chi connectivity index (χ4n) is 2.64. The molecule has 3 rings (SSSR count). The lowest BCUT2D eigenvalue weighted by atomic mass is 10.0. The predicted octanol–water partition coefficient (Wildman–Crippen LogP) is 4.53. The van der Waals surface area contributed by atoms with Crippen LogP contribution in [0.3, 0.4) is 0 Å². The van der Waals surface area contributed by atoms with Crippen LogP contribution in [-0.4, -0.2) is 11.2 Å². The van der Waals surface area contributed by atoms with Crippen LogP contribution in [-0.2, 0) is 4.74 Å². The zero-order valence-corrected chi connectivity index (χ0v) is 13.7. The van der Waals surface area contributed by atoms with Crippen molar-refractivity contribution in [2.24, 2.45) is 0 Å². The summed E-state index contributed by atoms with van der Waals surface area (Å²) in [7, 11) is 0. The highest BCUT2D eigenvalue weighted by atomic mass is 16.5. The summed E-state index contributed by atoms with van der Waals surface area (Å²) in [6.45, 7) is 0.580. The quantitative estimate of drug-likeness (QED) is 0.778. The first-order chi connectivity index (χ1) is 12.3. The Kier molecular flexibility index (Phi) is 5.14. The van der Waals surface area contributed by atoms with Crippen molar-refractivity contribution in [2.75, 3.05) is 6.61 Å². The summed E-state index contributed by atoms with van der Waals surface area (Å²) >= 11 is 0. The van der Waals surface area contributed by atoms with Crippen molar-refractivity contribution < 1.29 is 4.74 Å². The second-order valence-corrected chi connectivity index (χ2v) is 5.64. The summed E-state index contributed by atoms with van der Waals surface area (Å²) in [4.78, 5) is 0. The molecule has 2 aromatic rings. The van der Waals surface area contributed by atoms with E-state index in [9.17, 15) is 0 Å². The van der Waals surface area contributed by atoms with Crippen LogP contribution in [0.5, 0.6) is 0 Å². The number of ether oxygens (including phenoxy) is 1. The maximum Gasteiger partial charge on any atom is 0.132 e. The molecule has 0 radical (unpaired) electrons. The number of nitriles is 2. The summed E-state index contributed by atoms with van der Waals surface area (Å²) in [6, 6.07) is 16.1. The van der Waals surface area contributed by atoms with Gasteiger partial charge in [0, 0.05) is 18.1 Å². The van der Waals surface area contributed by atoms with Crippen molar-refractivity contribution in [3.63, 3.8) is 0 Å². The maximum atomic E-state index is 9.05. The van der Waals surface area contributed by atoms with Crippen molar-refractivity contribution in [3.05, 3.63) is 83.4 Å². The van der Waals surface area contributed by atoms with E-state index in [2.05, 4.69) is 12.1 Å². The first-order valence-corrected chi connectivity index (χ1v) is 8.09. The fraction of sp³-hybridized carbons (Fsp3) is 0.143. The van der Waals surface area contributed by atoms with Crippen LogP contribution in [0.2, 0.25) is 0 Å². The third kappa shape index (κ3) is 4.07. The number of aromatic nitrogens is 1. The molecule has 122 valence electrons. The minimum Gasteiger partial charge on any atom is -0.494 e. The van der Waals surface area contributed by atoms with Crippen molar-refractivity contribution in [2.45, 2.75) is 12.8 Å². The fourth-order valence-corrected chi connectivity index (χ4v) is 2.64. The lowest BCUT2D eigenvalue weighted by molar-refractivity contribution is 0.226. The SMILES string of the molecule is N#CC(C#N)=C1C=C(/C=C/c2ccc(-n3cccc3)cc2)OCCC1. The molecule has 4 nitrogen and oxygen atoms in total. The molecule has 1 aromatic heterocycles. The van der Waals surface area contributed by atoms with E-state index in [1.165, 1.54) is 0 Å². The Bertz CT molecular complexity index is 886. The van der Waals surface area contributed by atoms with Crippen LogP contribution in [0, 0.1) is 22.7 Å². The molecule has 0 N–H and O–H groups in total. The Morgan fingerprint density at radius 2 is 1.76 bits per heavy atom. The zero-order chi connectivity index (χ0) is 17.5. The topological polar surface area (TPSA) is 61.7 Å². The first-order valence-electron chi connectivity index (χ1n) is 8.09. The van der Waals surface area contributed by atoms with E-state index in [4.69, 9.17) is 15.3 Å². The Morgan fingerprint density at radius 1 is 1.04 bits per heavy atom. The van der Waals surface area contributed by atoms with E-state index >= 15 is 0 Å². The summed E-state index contributed by atoms with van der Waals surface area (Å²) in [5.74, 6) is 0.671. The van der Waals surface area contributed by atoms with E-state index in [-0.39, 0.29) is 5.57 Å². The number of hydrogen-bond donors (Lipinski definition) is 0. The average Bonchev–Trinajstić information content (AvgIpc) is 3.09. The third-order valence-corrected chi connectivity index (χ3v) is 3.96. The molecule has 0 atom stereocenters. The van der Waals surface area contributed by atoms with Crippen LogP contribution in [0.4, 0.5) is 0 Å². The second-order valence-electron chi connectivity index (χ2n) is 5.64. The summed E-state index contributed by atoms with van der Waals surface area (Å²) < 4.78 is 7.74. The molecule has 25 heavy (non-hydrogen) atoms. The Labute approximate surface area is 147 Å². The molecular weight excluding hydrogens is 310 g/mol. The molecule has 0 fully saturated rings. The average molecular weight is 327 g/mol. The predicted molar refractivity (Wildman–Crippen MR) is 96.3 cm³/mol. The standard InChI is InChI=1S/C21H17N3O/c22-15-19(16-23)18-4-3-13-25-21(14-18)10-7-17-5-8-20(9-6-17)24-11-1-2-12-24/h1-2,5-12,14H,3-4,13H2/b10-7+. The van der Waals surface area contributed by atoms with E-state index in [0.717, 1.165) is 23.2 Å². The van der Waals surface area contributed by atoms with Crippen LogP contribution in [0.1, 0.15) is 18.4 Å². The second kappa shape index (κ2) is 7.86. The maximum absolute atomic E-state index is 9.05. The van der Waals surface area contributed by atoms with Gasteiger partial charge in [-0.2, -0.15) is 10.5 Å². The van der Waals surface area contributed by atoms with Gasteiger partial charge in [-0.25, -0.2) is 0 Å². The zero-order valence-electron chi connectivity index (χ0n) is 13.7. The van der Waals surface area contributed by atoms with Gasteiger partial charge in [-0.05, 0) is 60.4 Å². The number of hydrogen-bond acceptors (Lipinski definition) is 3. The molecule has 0 unspecified atom stereocenters. The van der Waals surface area contributed by atoms with Gasteiger partial charge in [-0.15, -0.1) is 0 Å². The molecule has 0 saturated heterocycles. The van der Waals surface area contributed by atoms with Crippen LogP contribution < -0.4 is 0 Å². The van der Waals surface area contributed by atoms with Crippen molar-refractivity contribution >= 4 is 6.08 Å². The molecule has 0 aliphatic carbocycles. The van der Waals surface area contributed by atoms with Crippen LogP contribution in [0.15, 0.2) is 77.8 Å². The summed E-state index contributed by atoms with van der Waals surface area (Å²) in [6.07, 6.45) is 11.1.